The van der Waals surface area contributed by atoms with E-state index in [1.54, 1.807) is 0 Å². The maximum absolute atomic E-state index is 5.77. The van der Waals surface area contributed by atoms with Gasteiger partial charge in [-0.1, -0.05) is 19.8 Å². The van der Waals surface area contributed by atoms with Crippen LogP contribution in [0.4, 0.5) is 0 Å². The van der Waals surface area contributed by atoms with Gasteiger partial charge in [0, 0.05) is 24.2 Å². The highest BCUT2D eigenvalue weighted by atomic mass is 16.3. The van der Waals surface area contributed by atoms with Crippen molar-refractivity contribution in [2.45, 2.75) is 77.0 Å². The normalized spacial score (nSPS) is 24.8. The Kier molecular flexibility index (Phi) is 4.79. The van der Waals surface area contributed by atoms with Crippen LogP contribution >= 0.6 is 0 Å². The Balaban J connectivity index is 1.61. The van der Waals surface area contributed by atoms with Crippen LogP contribution < -0.4 is 5.32 Å². The minimum atomic E-state index is 0.742. The molecule has 1 unspecified atom stereocenters. The molecule has 0 aromatic carbocycles. The van der Waals surface area contributed by atoms with Gasteiger partial charge in [0.1, 0.15) is 5.76 Å². The molecule has 1 aliphatic carbocycles. The summed E-state index contributed by atoms with van der Waals surface area (Å²) in [6.07, 6.45) is 11.3. The van der Waals surface area contributed by atoms with Gasteiger partial charge in [0.25, 0.3) is 0 Å². The van der Waals surface area contributed by atoms with Gasteiger partial charge >= 0.3 is 0 Å². The second-order valence-electron chi connectivity index (χ2n) is 6.41. The van der Waals surface area contributed by atoms with E-state index in [4.69, 9.17) is 4.42 Å². The highest BCUT2D eigenvalue weighted by Gasteiger charge is 2.23. The molecule has 1 aromatic heterocycles. The van der Waals surface area contributed by atoms with Gasteiger partial charge in [-0.25, -0.2) is 0 Å². The molecular formula is C17H28N2O. The second-order valence-corrected chi connectivity index (χ2v) is 6.41. The van der Waals surface area contributed by atoms with Crippen LogP contribution in [0.3, 0.4) is 0 Å². The van der Waals surface area contributed by atoms with Crippen molar-refractivity contribution in [1.29, 1.82) is 0 Å². The molecule has 3 rings (SSSR count). The smallest absolute Gasteiger partial charge is 0.122 e. The second kappa shape index (κ2) is 6.77. The molecule has 1 atom stereocenters. The first-order valence-electron chi connectivity index (χ1n) is 8.39. The van der Waals surface area contributed by atoms with E-state index in [1.807, 2.05) is 6.26 Å². The maximum Gasteiger partial charge on any atom is 0.122 e. The van der Waals surface area contributed by atoms with Gasteiger partial charge in [0.2, 0.25) is 0 Å². The van der Waals surface area contributed by atoms with Crippen molar-refractivity contribution in [3.05, 3.63) is 23.7 Å². The zero-order valence-electron chi connectivity index (χ0n) is 12.7. The van der Waals surface area contributed by atoms with Crippen molar-refractivity contribution < 1.29 is 4.42 Å². The lowest BCUT2D eigenvalue weighted by Gasteiger charge is -2.28. The lowest BCUT2D eigenvalue weighted by Crippen LogP contribution is -2.34. The third-order valence-electron chi connectivity index (χ3n) is 4.81. The summed E-state index contributed by atoms with van der Waals surface area (Å²) < 4.78 is 5.77. The molecule has 20 heavy (non-hydrogen) atoms. The molecule has 0 bridgehead atoms. The SMILES string of the molecule is CCC1CCCCCN1Cc1occc1CNC1CC1. The van der Waals surface area contributed by atoms with E-state index < -0.39 is 0 Å². The van der Waals surface area contributed by atoms with Gasteiger partial charge in [-0.2, -0.15) is 0 Å². The van der Waals surface area contributed by atoms with E-state index in [-0.39, 0.29) is 0 Å². The summed E-state index contributed by atoms with van der Waals surface area (Å²) >= 11 is 0. The fraction of sp³-hybridized carbons (Fsp3) is 0.765. The number of rotatable bonds is 6. The predicted octanol–water partition coefficient (Wildman–Crippen LogP) is 3.69. The zero-order chi connectivity index (χ0) is 13.8. The third kappa shape index (κ3) is 3.64. The lowest BCUT2D eigenvalue weighted by molar-refractivity contribution is 0.171. The number of furan rings is 1. The molecule has 2 heterocycles. The van der Waals surface area contributed by atoms with Crippen LogP contribution in [0.2, 0.25) is 0 Å². The average Bonchev–Trinajstić information content (AvgIpc) is 3.22. The number of hydrogen-bond donors (Lipinski definition) is 1. The molecule has 1 aromatic rings. The molecule has 1 saturated carbocycles. The summed E-state index contributed by atoms with van der Waals surface area (Å²) in [5.74, 6) is 1.18. The molecule has 0 amide bonds. The Morgan fingerprint density at radius 1 is 1.25 bits per heavy atom. The Hall–Kier alpha value is -0.800. The Morgan fingerprint density at radius 2 is 2.15 bits per heavy atom. The molecule has 2 aliphatic rings. The summed E-state index contributed by atoms with van der Waals surface area (Å²) in [4.78, 5) is 2.65. The van der Waals surface area contributed by atoms with Crippen LogP contribution in [-0.4, -0.2) is 23.5 Å². The van der Waals surface area contributed by atoms with E-state index in [0.29, 0.717) is 0 Å². The van der Waals surface area contributed by atoms with Crippen molar-refractivity contribution in [1.82, 2.24) is 10.2 Å². The lowest BCUT2D eigenvalue weighted by atomic mass is 10.1. The number of likely N-dealkylation sites (tertiary alicyclic amines) is 1. The monoisotopic (exact) mass is 276 g/mol. The van der Waals surface area contributed by atoms with Crippen molar-refractivity contribution in [3.8, 4) is 0 Å². The quantitative estimate of drug-likeness (QED) is 0.859. The number of hydrogen-bond acceptors (Lipinski definition) is 3. The summed E-state index contributed by atoms with van der Waals surface area (Å²) in [6.45, 7) is 5.52. The van der Waals surface area contributed by atoms with E-state index in [0.717, 1.165) is 25.2 Å². The molecule has 1 aliphatic heterocycles. The first-order valence-corrected chi connectivity index (χ1v) is 8.39. The standard InChI is InChI=1S/C17H28N2O/c1-2-16-6-4-3-5-10-19(16)13-17-14(9-11-20-17)12-18-15-7-8-15/h9,11,15-16,18H,2-8,10,12-13H2,1H3. The summed E-state index contributed by atoms with van der Waals surface area (Å²) in [6, 6.07) is 3.65. The number of nitrogens with one attached hydrogen (secondary N) is 1. The van der Waals surface area contributed by atoms with Crippen molar-refractivity contribution >= 4 is 0 Å². The minimum absolute atomic E-state index is 0.742. The third-order valence-corrected chi connectivity index (χ3v) is 4.81. The Morgan fingerprint density at radius 3 is 2.95 bits per heavy atom. The van der Waals surface area contributed by atoms with Gasteiger partial charge in [-0.15, -0.1) is 0 Å². The van der Waals surface area contributed by atoms with Crippen molar-refractivity contribution in [2.75, 3.05) is 6.54 Å². The maximum atomic E-state index is 5.77. The van der Waals surface area contributed by atoms with Gasteiger partial charge in [-0.3, -0.25) is 4.90 Å². The summed E-state index contributed by atoms with van der Waals surface area (Å²) in [7, 11) is 0. The largest absolute Gasteiger partial charge is 0.468 e. The molecule has 1 saturated heterocycles. The van der Waals surface area contributed by atoms with E-state index in [1.165, 1.54) is 62.8 Å². The number of nitrogens with zero attached hydrogens (tertiary/aromatic N) is 1. The average molecular weight is 276 g/mol. The van der Waals surface area contributed by atoms with Gasteiger partial charge in [0.15, 0.2) is 0 Å². The van der Waals surface area contributed by atoms with Crippen LogP contribution in [0.1, 0.15) is 63.2 Å². The zero-order valence-corrected chi connectivity index (χ0v) is 12.7. The topological polar surface area (TPSA) is 28.4 Å². The first kappa shape index (κ1) is 14.2. The van der Waals surface area contributed by atoms with Gasteiger partial charge in [-0.05, 0) is 44.7 Å². The van der Waals surface area contributed by atoms with Crippen LogP contribution in [-0.2, 0) is 13.1 Å². The Bertz CT molecular complexity index is 411. The van der Waals surface area contributed by atoms with Crippen molar-refractivity contribution in [3.63, 3.8) is 0 Å². The molecular weight excluding hydrogens is 248 g/mol. The highest BCUT2D eigenvalue weighted by Crippen LogP contribution is 2.24. The van der Waals surface area contributed by atoms with Gasteiger partial charge in [0.05, 0.1) is 12.8 Å². The predicted molar refractivity (Wildman–Crippen MR) is 81.5 cm³/mol. The van der Waals surface area contributed by atoms with Crippen LogP contribution in [0.15, 0.2) is 16.7 Å². The van der Waals surface area contributed by atoms with Crippen LogP contribution in [0.5, 0.6) is 0 Å². The van der Waals surface area contributed by atoms with E-state index >= 15 is 0 Å². The molecule has 0 spiro atoms. The van der Waals surface area contributed by atoms with Crippen LogP contribution in [0, 0.1) is 0 Å². The molecule has 0 radical (unpaired) electrons. The molecule has 1 N–H and O–H groups in total. The highest BCUT2D eigenvalue weighted by molar-refractivity contribution is 5.17. The minimum Gasteiger partial charge on any atom is -0.468 e. The summed E-state index contributed by atoms with van der Waals surface area (Å²) in [5.41, 5.74) is 1.36. The fourth-order valence-corrected chi connectivity index (χ4v) is 3.30. The summed E-state index contributed by atoms with van der Waals surface area (Å²) in [5, 5.41) is 3.60. The molecule has 3 heteroatoms. The molecule has 2 fully saturated rings. The van der Waals surface area contributed by atoms with E-state index in [2.05, 4.69) is 23.2 Å². The molecule has 112 valence electrons. The van der Waals surface area contributed by atoms with Gasteiger partial charge < -0.3 is 9.73 Å². The fourth-order valence-electron chi connectivity index (χ4n) is 3.30. The van der Waals surface area contributed by atoms with Crippen molar-refractivity contribution in [2.24, 2.45) is 0 Å². The van der Waals surface area contributed by atoms with E-state index in [9.17, 15) is 0 Å². The molecule has 3 nitrogen and oxygen atoms in total. The Labute approximate surface area is 122 Å². The van der Waals surface area contributed by atoms with Crippen LogP contribution in [0.25, 0.3) is 0 Å². The first-order chi connectivity index (χ1) is 9.86.